The van der Waals surface area contributed by atoms with Gasteiger partial charge in [-0.25, -0.2) is 4.39 Å². The summed E-state index contributed by atoms with van der Waals surface area (Å²) in [6.45, 7) is 3.75. The molecule has 0 aliphatic heterocycles. The maximum Gasteiger partial charge on any atom is 0.191 e. The Labute approximate surface area is 155 Å². The molecule has 0 bridgehead atoms. The van der Waals surface area contributed by atoms with Gasteiger partial charge in [0.1, 0.15) is 5.82 Å². The molecule has 5 heteroatoms. The summed E-state index contributed by atoms with van der Waals surface area (Å²) in [5.41, 5.74) is 1.35. The van der Waals surface area contributed by atoms with E-state index in [4.69, 9.17) is 4.99 Å². The first kappa shape index (κ1) is 18.5. The summed E-state index contributed by atoms with van der Waals surface area (Å²) in [5.74, 6) is 0.766. The molecule has 0 heterocycles. The largest absolute Gasteiger partial charge is 0.357 e. The van der Waals surface area contributed by atoms with E-state index < -0.39 is 0 Å². The van der Waals surface area contributed by atoms with E-state index in [0.717, 1.165) is 31.9 Å². The van der Waals surface area contributed by atoms with E-state index in [1.165, 1.54) is 31.2 Å². The summed E-state index contributed by atoms with van der Waals surface area (Å²) >= 11 is 0. The second-order valence-electron chi connectivity index (χ2n) is 6.61. The van der Waals surface area contributed by atoms with Crippen LogP contribution in [0.4, 0.5) is 4.39 Å². The highest BCUT2D eigenvalue weighted by Crippen LogP contribution is 2.48. The number of guanidine groups is 1. The topological polar surface area (TPSA) is 36.4 Å². The van der Waals surface area contributed by atoms with Gasteiger partial charge in [0.25, 0.3) is 0 Å². The average Bonchev–Trinajstić information content (AvgIpc) is 3.14. The smallest absolute Gasteiger partial charge is 0.191 e. The average molecular weight is 431 g/mol. The third-order valence-electron chi connectivity index (χ3n) is 4.89. The fourth-order valence-electron chi connectivity index (χ4n) is 3.31. The lowest BCUT2D eigenvalue weighted by Gasteiger charge is -2.19. The van der Waals surface area contributed by atoms with Crippen LogP contribution in [-0.4, -0.2) is 25.1 Å². The molecule has 3 rings (SSSR count). The molecule has 0 radical (unpaired) electrons. The van der Waals surface area contributed by atoms with Crippen LogP contribution in [0.1, 0.15) is 51.0 Å². The SMILES string of the molecule is CCNC(=NCC1(c2ccc(F)cc2)CC1)NC1CCCC1.I. The molecule has 0 unspecified atom stereocenters. The van der Waals surface area contributed by atoms with Crippen molar-refractivity contribution in [3.05, 3.63) is 35.6 Å². The van der Waals surface area contributed by atoms with E-state index in [0.29, 0.717) is 6.04 Å². The number of rotatable bonds is 5. The molecular formula is C18H27FIN3. The molecule has 3 nitrogen and oxygen atoms in total. The van der Waals surface area contributed by atoms with E-state index in [-0.39, 0.29) is 35.2 Å². The fraction of sp³-hybridized carbons (Fsp3) is 0.611. The maximum absolute atomic E-state index is 13.1. The first-order valence-corrected chi connectivity index (χ1v) is 8.53. The van der Waals surface area contributed by atoms with E-state index in [1.54, 1.807) is 12.1 Å². The van der Waals surface area contributed by atoms with Crippen molar-refractivity contribution in [1.82, 2.24) is 10.6 Å². The third-order valence-corrected chi connectivity index (χ3v) is 4.89. The maximum atomic E-state index is 13.1. The summed E-state index contributed by atoms with van der Waals surface area (Å²) in [6.07, 6.45) is 7.41. The van der Waals surface area contributed by atoms with Crippen molar-refractivity contribution >= 4 is 29.9 Å². The Morgan fingerprint density at radius 3 is 2.43 bits per heavy atom. The molecule has 2 N–H and O–H groups in total. The number of nitrogens with one attached hydrogen (secondary N) is 2. The predicted molar refractivity (Wildman–Crippen MR) is 104 cm³/mol. The zero-order chi connectivity index (χ0) is 15.4. The number of hydrogen-bond acceptors (Lipinski definition) is 1. The minimum atomic E-state index is -0.167. The number of hydrogen-bond donors (Lipinski definition) is 2. The van der Waals surface area contributed by atoms with Crippen LogP contribution < -0.4 is 10.6 Å². The normalized spacial score (nSPS) is 20.0. The minimum Gasteiger partial charge on any atom is -0.357 e. The van der Waals surface area contributed by atoms with Crippen LogP contribution in [0.15, 0.2) is 29.3 Å². The van der Waals surface area contributed by atoms with Crippen molar-refractivity contribution in [1.29, 1.82) is 0 Å². The summed E-state index contributed by atoms with van der Waals surface area (Å²) in [6, 6.07) is 7.51. The quantitative estimate of drug-likeness (QED) is 0.421. The van der Waals surface area contributed by atoms with E-state index in [2.05, 4.69) is 17.6 Å². The Bertz CT molecular complexity index is 520. The van der Waals surface area contributed by atoms with Gasteiger partial charge in [-0.1, -0.05) is 25.0 Å². The van der Waals surface area contributed by atoms with Gasteiger partial charge in [-0.05, 0) is 50.3 Å². The van der Waals surface area contributed by atoms with Crippen molar-refractivity contribution < 1.29 is 4.39 Å². The highest BCUT2D eigenvalue weighted by molar-refractivity contribution is 14.0. The van der Waals surface area contributed by atoms with Crippen LogP contribution in [-0.2, 0) is 5.41 Å². The lowest BCUT2D eigenvalue weighted by molar-refractivity contribution is 0.606. The van der Waals surface area contributed by atoms with E-state index in [9.17, 15) is 4.39 Å². The van der Waals surface area contributed by atoms with Gasteiger partial charge < -0.3 is 10.6 Å². The summed E-state index contributed by atoms with van der Waals surface area (Å²) in [5, 5.41) is 6.91. The molecule has 128 valence electrons. The van der Waals surface area contributed by atoms with Crippen LogP contribution in [0, 0.1) is 5.82 Å². The van der Waals surface area contributed by atoms with Crippen LogP contribution in [0.3, 0.4) is 0 Å². The van der Waals surface area contributed by atoms with Gasteiger partial charge in [-0.15, -0.1) is 24.0 Å². The molecule has 0 amide bonds. The summed E-state index contributed by atoms with van der Waals surface area (Å²) in [4.78, 5) is 4.81. The second kappa shape index (κ2) is 8.31. The van der Waals surface area contributed by atoms with E-state index in [1.807, 2.05) is 12.1 Å². The van der Waals surface area contributed by atoms with Crippen molar-refractivity contribution in [3.63, 3.8) is 0 Å². The number of nitrogens with zero attached hydrogens (tertiary/aromatic N) is 1. The monoisotopic (exact) mass is 431 g/mol. The minimum absolute atomic E-state index is 0. The highest BCUT2D eigenvalue weighted by Gasteiger charge is 2.44. The van der Waals surface area contributed by atoms with Crippen LogP contribution in [0.2, 0.25) is 0 Å². The molecule has 1 aromatic carbocycles. The number of benzene rings is 1. The second-order valence-corrected chi connectivity index (χ2v) is 6.61. The van der Waals surface area contributed by atoms with Gasteiger partial charge >= 0.3 is 0 Å². The molecule has 23 heavy (non-hydrogen) atoms. The molecule has 1 aromatic rings. The summed E-state index contributed by atoms with van der Waals surface area (Å²) < 4.78 is 13.1. The zero-order valence-corrected chi connectivity index (χ0v) is 16.1. The van der Waals surface area contributed by atoms with Crippen molar-refractivity contribution in [2.24, 2.45) is 4.99 Å². The Morgan fingerprint density at radius 2 is 1.87 bits per heavy atom. The van der Waals surface area contributed by atoms with Gasteiger partial charge in [-0.3, -0.25) is 4.99 Å². The number of aliphatic imine (C=N–C) groups is 1. The first-order valence-electron chi connectivity index (χ1n) is 8.53. The van der Waals surface area contributed by atoms with Gasteiger partial charge in [0, 0.05) is 18.0 Å². The molecule has 2 aliphatic rings. The van der Waals surface area contributed by atoms with E-state index >= 15 is 0 Å². The Morgan fingerprint density at radius 1 is 1.22 bits per heavy atom. The van der Waals surface area contributed by atoms with Crippen LogP contribution in [0.5, 0.6) is 0 Å². The molecule has 0 aromatic heterocycles. The number of halogens is 2. The molecule has 2 fully saturated rings. The molecule has 0 spiro atoms. The Hall–Kier alpha value is -0.850. The molecule has 0 saturated heterocycles. The van der Waals surface area contributed by atoms with Crippen molar-refractivity contribution in [2.75, 3.05) is 13.1 Å². The predicted octanol–water partition coefficient (Wildman–Crippen LogP) is 3.97. The summed E-state index contributed by atoms with van der Waals surface area (Å²) in [7, 11) is 0. The molecular weight excluding hydrogens is 404 g/mol. The zero-order valence-electron chi connectivity index (χ0n) is 13.8. The fourth-order valence-corrected chi connectivity index (χ4v) is 3.31. The van der Waals surface area contributed by atoms with Crippen LogP contribution in [0.25, 0.3) is 0 Å². The van der Waals surface area contributed by atoms with Gasteiger partial charge in [0.15, 0.2) is 5.96 Å². The van der Waals surface area contributed by atoms with Gasteiger partial charge in [0.05, 0.1) is 6.54 Å². The van der Waals surface area contributed by atoms with Crippen LogP contribution >= 0.6 is 24.0 Å². The lowest BCUT2D eigenvalue weighted by Crippen LogP contribution is -2.42. The Balaban J connectivity index is 0.00000192. The standard InChI is InChI=1S/C18H26FN3.HI/c1-2-20-17(22-16-5-3-4-6-16)21-13-18(11-12-18)14-7-9-15(19)10-8-14;/h7-10,16H,2-6,11-13H2,1H3,(H2,20,21,22);1H. The van der Waals surface area contributed by atoms with Crippen molar-refractivity contribution in [2.45, 2.75) is 56.9 Å². The molecule has 2 aliphatic carbocycles. The van der Waals surface area contributed by atoms with Gasteiger partial charge in [0.2, 0.25) is 0 Å². The third kappa shape index (κ3) is 4.81. The first-order chi connectivity index (χ1) is 10.7. The lowest BCUT2D eigenvalue weighted by atomic mass is 9.96. The molecule has 0 atom stereocenters. The van der Waals surface area contributed by atoms with Gasteiger partial charge in [-0.2, -0.15) is 0 Å². The molecule has 2 saturated carbocycles. The van der Waals surface area contributed by atoms with Crippen molar-refractivity contribution in [3.8, 4) is 0 Å². The Kier molecular flexibility index (Phi) is 6.68. The highest BCUT2D eigenvalue weighted by atomic mass is 127.